The van der Waals surface area contributed by atoms with Gasteiger partial charge in [-0.1, -0.05) is 0 Å². The van der Waals surface area contributed by atoms with E-state index in [0.717, 1.165) is 0 Å². The molecule has 136 valence electrons. The molecular formula is C16H25NO6S. The molecule has 0 saturated carbocycles. The van der Waals surface area contributed by atoms with Gasteiger partial charge in [-0.25, -0.2) is 8.42 Å². The van der Waals surface area contributed by atoms with Gasteiger partial charge in [0.15, 0.2) is 11.5 Å². The Morgan fingerprint density at radius 3 is 2.00 bits per heavy atom. The Morgan fingerprint density at radius 2 is 1.58 bits per heavy atom. The minimum atomic E-state index is -2.97. The van der Waals surface area contributed by atoms with E-state index in [2.05, 4.69) is 0 Å². The standard InChI is InChI=1S/C16H25NO6S/c1-17(8-6-7-9-24(5,19)20)16(18)12-10-13(21-2)15(23-4)14(11-12)22-3/h10-11H,6-9H2,1-5H3. The lowest BCUT2D eigenvalue weighted by Gasteiger charge is -2.19. The van der Waals surface area contributed by atoms with Crippen molar-refractivity contribution in [2.45, 2.75) is 12.8 Å². The zero-order chi connectivity index (χ0) is 18.3. The molecule has 7 nitrogen and oxygen atoms in total. The van der Waals surface area contributed by atoms with Crippen LogP contribution in [-0.4, -0.2) is 66.2 Å². The molecule has 1 rings (SSSR count). The first kappa shape index (κ1) is 20.1. The van der Waals surface area contributed by atoms with E-state index in [0.29, 0.717) is 42.2 Å². The third-order valence-corrected chi connectivity index (χ3v) is 4.55. The lowest BCUT2D eigenvalue weighted by atomic mass is 10.1. The molecule has 24 heavy (non-hydrogen) atoms. The second kappa shape index (κ2) is 8.77. The highest BCUT2D eigenvalue weighted by atomic mass is 32.2. The Morgan fingerprint density at radius 1 is 1.04 bits per heavy atom. The number of ether oxygens (including phenoxy) is 3. The molecule has 0 fully saturated rings. The number of amides is 1. The van der Waals surface area contributed by atoms with Gasteiger partial charge in [-0.2, -0.15) is 0 Å². The predicted molar refractivity (Wildman–Crippen MR) is 92.0 cm³/mol. The van der Waals surface area contributed by atoms with Crippen LogP contribution in [0.3, 0.4) is 0 Å². The van der Waals surface area contributed by atoms with Crippen LogP contribution < -0.4 is 14.2 Å². The first-order chi connectivity index (χ1) is 11.2. The summed E-state index contributed by atoms with van der Waals surface area (Å²) in [5.74, 6) is 1.16. The first-order valence-corrected chi connectivity index (χ1v) is 9.52. The number of hydrogen-bond acceptors (Lipinski definition) is 6. The second-order valence-electron chi connectivity index (χ2n) is 5.48. The number of sulfone groups is 1. The van der Waals surface area contributed by atoms with Crippen molar-refractivity contribution >= 4 is 15.7 Å². The van der Waals surface area contributed by atoms with E-state index in [9.17, 15) is 13.2 Å². The predicted octanol–water partition coefficient (Wildman–Crippen LogP) is 1.61. The number of hydrogen-bond donors (Lipinski definition) is 0. The molecule has 1 amide bonds. The Kier molecular flexibility index (Phi) is 7.34. The fraction of sp³-hybridized carbons (Fsp3) is 0.562. The quantitative estimate of drug-likeness (QED) is 0.623. The van der Waals surface area contributed by atoms with Gasteiger partial charge in [-0.05, 0) is 25.0 Å². The van der Waals surface area contributed by atoms with Crippen molar-refractivity contribution in [3.8, 4) is 17.2 Å². The molecule has 0 bridgehead atoms. The Balaban J connectivity index is 2.82. The van der Waals surface area contributed by atoms with E-state index in [1.807, 2.05) is 0 Å². The molecule has 1 aromatic carbocycles. The molecule has 0 atom stereocenters. The zero-order valence-electron chi connectivity index (χ0n) is 14.8. The minimum absolute atomic E-state index is 0.124. The molecule has 0 aromatic heterocycles. The van der Waals surface area contributed by atoms with Gasteiger partial charge in [0.2, 0.25) is 5.75 Å². The van der Waals surface area contributed by atoms with Crippen molar-refractivity contribution < 1.29 is 27.4 Å². The molecule has 0 aliphatic heterocycles. The lowest BCUT2D eigenvalue weighted by Crippen LogP contribution is -2.28. The van der Waals surface area contributed by atoms with Crippen LogP contribution in [0, 0.1) is 0 Å². The van der Waals surface area contributed by atoms with Crippen LogP contribution in [0.1, 0.15) is 23.2 Å². The molecule has 0 N–H and O–H groups in total. The molecule has 0 heterocycles. The third-order valence-electron chi connectivity index (χ3n) is 3.52. The summed E-state index contributed by atoms with van der Waals surface area (Å²) in [6.07, 6.45) is 2.34. The van der Waals surface area contributed by atoms with E-state index >= 15 is 0 Å². The van der Waals surface area contributed by atoms with Gasteiger partial charge in [0, 0.05) is 31.2 Å². The molecule has 1 aromatic rings. The number of rotatable bonds is 9. The summed E-state index contributed by atoms with van der Waals surface area (Å²) >= 11 is 0. The van der Waals surface area contributed by atoms with Crippen molar-refractivity contribution in [2.75, 3.05) is 46.9 Å². The van der Waals surface area contributed by atoms with Crippen molar-refractivity contribution in [3.63, 3.8) is 0 Å². The number of methoxy groups -OCH3 is 3. The van der Waals surface area contributed by atoms with Crippen LogP contribution in [0.25, 0.3) is 0 Å². The SMILES string of the molecule is COc1cc(C(=O)N(C)CCCCS(C)(=O)=O)cc(OC)c1OC. The van der Waals surface area contributed by atoms with Gasteiger partial charge in [0.05, 0.1) is 21.3 Å². The Labute approximate surface area is 143 Å². The summed E-state index contributed by atoms with van der Waals surface area (Å²) in [6.45, 7) is 0.463. The topological polar surface area (TPSA) is 82.1 Å². The number of unbranched alkanes of at least 4 members (excludes halogenated alkanes) is 1. The number of nitrogens with zero attached hydrogens (tertiary/aromatic N) is 1. The molecule has 0 spiro atoms. The number of benzene rings is 1. The number of carbonyl (C=O) groups is 1. The molecule has 0 radical (unpaired) electrons. The van der Waals surface area contributed by atoms with Crippen LogP contribution in [0.5, 0.6) is 17.2 Å². The fourth-order valence-electron chi connectivity index (χ4n) is 2.24. The first-order valence-electron chi connectivity index (χ1n) is 7.46. The summed E-state index contributed by atoms with van der Waals surface area (Å²) < 4.78 is 37.9. The van der Waals surface area contributed by atoms with Crippen LogP contribution in [0.15, 0.2) is 12.1 Å². The van der Waals surface area contributed by atoms with Gasteiger partial charge < -0.3 is 19.1 Å². The zero-order valence-corrected chi connectivity index (χ0v) is 15.6. The van der Waals surface area contributed by atoms with Crippen LogP contribution >= 0.6 is 0 Å². The van der Waals surface area contributed by atoms with Gasteiger partial charge in [-0.15, -0.1) is 0 Å². The van der Waals surface area contributed by atoms with Crippen molar-refractivity contribution in [2.24, 2.45) is 0 Å². The van der Waals surface area contributed by atoms with Gasteiger partial charge in [0.1, 0.15) is 9.84 Å². The Bertz CT molecular complexity index is 646. The van der Waals surface area contributed by atoms with E-state index < -0.39 is 9.84 Å². The van der Waals surface area contributed by atoms with Crippen molar-refractivity contribution in [3.05, 3.63) is 17.7 Å². The summed E-state index contributed by atoms with van der Waals surface area (Å²) in [6, 6.07) is 3.19. The smallest absolute Gasteiger partial charge is 0.253 e. The highest BCUT2D eigenvalue weighted by Crippen LogP contribution is 2.38. The van der Waals surface area contributed by atoms with Gasteiger partial charge in [0.25, 0.3) is 5.91 Å². The number of carbonyl (C=O) groups excluding carboxylic acids is 1. The van der Waals surface area contributed by atoms with Crippen molar-refractivity contribution in [1.29, 1.82) is 0 Å². The van der Waals surface area contributed by atoms with E-state index in [-0.39, 0.29) is 11.7 Å². The molecule has 0 aliphatic carbocycles. The normalized spacial score (nSPS) is 11.0. The van der Waals surface area contributed by atoms with Crippen LogP contribution in [-0.2, 0) is 9.84 Å². The maximum absolute atomic E-state index is 12.5. The maximum atomic E-state index is 12.5. The minimum Gasteiger partial charge on any atom is -0.493 e. The monoisotopic (exact) mass is 359 g/mol. The highest BCUT2D eigenvalue weighted by Gasteiger charge is 2.19. The molecule has 8 heteroatoms. The molecule has 0 saturated heterocycles. The maximum Gasteiger partial charge on any atom is 0.253 e. The van der Waals surface area contributed by atoms with Gasteiger partial charge in [-0.3, -0.25) is 4.79 Å². The third kappa shape index (κ3) is 5.59. The van der Waals surface area contributed by atoms with Crippen molar-refractivity contribution in [1.82, 2.24) is 4.90 Å². The lowest BCUT2D eigenvalue weighted by molar-refractivity contribution is 0.0792. The van der Waals surface area contributed by atoms with Gasteiger partial charge >= 0.3 is 0 Å². The fourth-order valence-corrected chi connectivity index (χ4v) is 2.97. The summed E-state index contributed by atoms with van der Waals surface area (Å²) in [5, 5.41) is 0. The summed E-state index contributed by atoms with van der Waals surface area (Å²) in [5.41, 5.74) is 0.412. The average Bonchev–Trinajstić information content (AvgIpc) is 2.55. The van der Waals surface area contributed by atoms with Crippen LogP contribution in [0.4, 0.5) is 0 Å². The summed E-state index contributed by atoms with van der Waals surface area (Å²) in [7, 11) is 3.17. The highest BCUT2D eigenvalue weighted by molar-refractivity contribution is 7.90. The van der Waals surface area contributed by atoms with E-state index in [1.165, 1.54) is 27.6 Å². The second-order valence-corrected chi connectivity index (χ2v) is 7.74. The molecular weight excluding hydrogens is 334 g/mol. The average molecular weight is 359 g/mol. The molecule has 0 unspecified atom stereocenters. The largest absolute Gasteiger partial charge is 0.493 e. The van der Waals surface area contributed by atoms with E-state index in [4.69, 9.17) is 14.2 Å². The molecule has 0 aliphatic rings. The Hall–Kier alpha value is -1.96. The van der Waals surface area contributed by atoms with E-state index in [1.54, 1.807) is 24.1 Å². The summed E-state index contributed by atoms with van der Waals surface area (Å²) in [4.78, 5) is 14.1. The van der Waals surface area contributed by atoms with Crippen LogP contribution in [0.2, 0.25) is 0 Å².